The van der Waals surface area contributed by atoms with Crippen LogP contribution in [0.1, 0.15) is 24.5 Å². The lowest BCUT2D eigenvalue weighted by atomic mass is 10.1. The second-order valence-electron chi connectivity index (χ2n) is 6.88. The molecule has 24 heavy (non-hydrogen) atoms. The highest BCUT2D eigenvalue weighted by Gasteiger charge is 2.21. The van der Waals surface area contributed by atoms with Crippen LogP contribution in [0.2, 0.25) is 0 Å². The summed E-state index contributed by atoms with van der Waals surface area (Å²) in [6, 6.07) is 6.23. The summed E-state index contributed by atoms with van der Waals surface area (Å²) in [6.07, 6.45) is 2.11. The third kappa shape index (κ3) is 5.21. The van der Waals surface area contributed by atoms with Gasteiger partial charge in [0.25, 0.3) is 0 Å². The number of nitrogens with zero attached hydrogens (tertiary/aromatic N) is 3. The van der Waals surface area contributed by atoms with Gasteiger partial charge < -0.3 is 15.1 Å². The maximum atomic E-state index is 12.6. The van der Waals surface area contributed by atoms with E-state index < -0.39 is 0 Å². The molecule has 2 rings (SSSR count). The minimum absolute atomic E-state index is 0.0342. The Bertz CT molecular complexity index is 536. The van der Waals surface area contributed by atoms with Gasteiger partial charge in [-0.2, -0.15) is 0 Å². The van der Waals surface area contributed by atoms with Crippen LogP contribution >= 0.6 is 0 Å². The van der Waals surface area contributed by atoms with Gasteiger partial charge in [0.2, 0.25) is 0 Å². The summed E-state index contributed by atoms with van der Waals surface area (Å²) in [6.45, 7) is 9.96. The van der Waals surface area contributed by atoms with Crippen molar-refractivity contribution >= 4 is 11.7 Å². The molecular weight excluding hydrogens is 300 g/mol. The van der Waals surface area contributed by atoms with Gasteiger partial charge in [0.1, 0.15) is 0 Å². The normalized spacial score (nSPS) is 15.8. The first-order valence-electron chi connectivity index (χ1n) is 9.02. The number of aryl methyl sites for hydroxylation is 2. The Balaban J connectivity index is 1.83. The van der Waals surface area contributed by atoms with Crippen molar-refractivity contribution in [1.82, 2.24) is 14.7 Å². The second-order valence-corrected chi connectivity index (χ2v) is 6.88. The van der Waals surface area contributed by atoms with Crippen molar-refractivity contribution < 1.29 is 4.79 Å². The van der Waals surface area contributed by atoms with Gasteiger partial charge in [-0.1, -0.05) is 25.1 Å². The summed E-state index contributed by atoms with van der Waals surface area (Å²) in [5.74, 6) is 0. The minimum atomic E-state index is 0.0342. The lowest BCUT2D eigenvalue weighted by molar-refractivity contribution is 0.144. The predicted octanol–water partition coefficient (Wildman–Crippen LogP) is 2.66. The lowest BCUT2D eigenvalue weighted by Crippen LogP contribution is -2.50. The molecule has 0 atom stereocenters. The molecule has 1 aromatic carbocycles. The Morgan fingerprint density at radius 1 is 1.21 bits per heavy atom. The number of anilines is 1. The summed E-state index contributed by atoms with van der Waals surface area (Å²) in [5.41, 5.74) is 3.31. The van der Waals surface area contributed by atoms with Crippen LogP contribution in [-0.2, 0) is 6.42 Å². The fourth-order valence-corrected chi connectivity index (χ4v) is 3.17. The van der Waals surface area contributed by atoms with Crippen LogP contribution in [0, 0.1) is 6.92 Å². The number of hydrogen-bond donors (Lipinski definition) is 1. The average Bonchev–Trinajstić information content (AvgIpc) is 2.57. The standard InChI is InChI=1S/C19H32N4O/c1-5-17-9-6-8-16(2)18(17)20-19(24)23-14-12-22(13-15-23)11-7-10-21(3)4/h6,8-9H,5,7,10-15H2,1-4H3,(H,20,24). The largest absolute Gasteiger partial charge is 0.322 e. The zero-order chi connectivity index (χ0) is 17.5. The molecule has 0 radical (unpaired) electrons. The predicted molar refractivity (Wildman–Crippen MR) is 101 cm³/mol. The van der Waals surface area contributed by atoms with E-state index in [1.165, 1.54) is 12.0 Å². The molecule has 0 unspecified atom stereocenters. The van der Waals surface area contributed by atoms with Gasteiger partial charge in [0, 0.05) is 31.9 Å². The van der Waals surface area contributed by atoms with E-state index in [4.69, 9.17) is 0 Å². The van der Waals surface area contributed by atoms with E-state index >= 15 is 0 Å². The first kappa shape index (κ1) is 18.7. The van der Waals surface area contributed by atoms with Crippen LogP contribution in [0.25, 0.3) is 0 Å². The average molecular weight is 332 g/mol. The van der Waals surface area contributed by atoms with Gasteiger partial charge in [-0.3, -0.25) is 4.90 Å². The van der Waals surface area contributed by atoms with Gasteiger partial charge in [0.05, 0.1) is 0 Å². The van der Waals surface area contributed by atoms with Gasteiger partial charge in [0.15, 0.2) is 0 Å². The van der Waals surface area contributed by atoms with Crippen LogP contribution in [0.4, 0.5) is 10.5 Å². The Hall–Kier alpha value is -1.59. The van der Waals surface area contributed by atoms with E-state index in [2.05, 4.69) is 61.3 Å². The maximum absolute atomic E-state index is 12.6. The summed E-state index contributed by atoms with van der Waals surface area (Å²) in [5, 5.41) is 3.13. The van der Waals surface area contributed by atoms with Gasteiger partial charge in [-0.05, 0) is 58.1 Å². The van der Waals surface area contributed by atoms with Crippen molar-refractivity contribution in [2.24, 2.45) is 0 Å². The van der Waals surface area contributed by atoms with Crippen molar-refractivity contribution in [3.8, 4) is 0 Å². The molecule has 1 aliphatic rings. The Morgan fingerprint density at radius 2 is 1.92 bits per heavy atom. The van der Waals surface area contributed by atoms with E-state index in [0.29, 0.717) is 0 Å². The first-order chi connectivity index (χ1) is 11.5. The molecule has 1 heterocycles. The van der Waals surface area contributed by atoms with Gasteiger partial charge in [-0.15, -0.1) is 0 Å². The molecule has 1 aliphatic heterocycles. The van der Waals surface area contributed by atoms with E-state index in [1.54, 1.807) is 0 Å². The number of hydrogen-bond acceptors (Lipinski definition) is 3. The zero-order valence-corrected chi connectivity index (χ0v) is 15.6. The van der Waals surface area contributed by atoms with Crippen molar-refractivity contribution in [3.05, 3.63) is 29.3 Å². The molecule has 1 fully saturated rings. The number of para-hydroxylation sites is 1. The second kappa shape index (κ2) is 9.04. The Labute approximate surface area is 146 Å². The molecule has 0 bridgehead atoms. The first-order valence-corrected chi connectivity index (χ1v) is 9.02. The molecule has 5 nitrogen and oxygen atoms in total. The van der Waals surface area contributed by atoms with E-state index in [-0.39, 0.29) is 6.03 Å². The number of benzene rings is 1. The molecule has 1 saturated heterocycles. The van der Waals surface area contributed by atoms with Crippen LogP contribution < -0.4 is 5.32 Å². The van der Waals surface area contributed by atoms with Gasteiger partial charge >= 0.3 is 6.03 Å². The molecule has 1 N–H and O–H groups in total. The number of urea groups is 1. The summed E-state index contributed by atoms with van der Waals surface area (Å²) >= 11 is 0. The molecule has 134 valence electrons. The van der Waals surface area contributed by atoms with Crippen molar-refractivity contribution in [2.75, 3.05) is 58.7 Å². The third-order valence-corrected chi connectivity index (χ3v) is 4.71. The molecule has 1 aromatic rings. The van der Waals surface area contributed by atoms with Crippen LogP contribution in [0.3, 0.4) is 0 Å². The number of carbonyl (C=O) groups is 1. The van der Waals surface area contributed by atoms with E-state index in [1.807, 2.05) is 4.90 Å². The van der Waals surface area contributed by atoms with Crippen molar-refractivity contribution in [2.45, 2.75) is 26.7 Å². The smallest absolute Gasteiger partial charge is 0.321 e. The fourth-order valence-electron chi connectivity index (χ4n) is 3.17. The molecule has 2 amide bonds. The molecule has 0 spiro atoms. The third-order valence-electron chi connectivity index (χ3n) is 4.71. The molecular formula is C19H32N4O. The molecule has 5 heteroatoms. The van der Waals surface area contributed by atoms with Crippen LogP contribution in [0.5, 0.6) is 0 Å². The van der Waals surface area contributed by atoms with E-state index in [9.17, 15) is 4.79 Å². The monoisotopic (exact) mass is 332 g/mol. The number of piperazine rings is 1. The number of amides is 2. The SMILES string of the molecule is CCc1cccc(C)c1NC(=O)N1CCN(CCCN(C)C)CC1. The topological polar surface area (TPSA) is 38.8 Å². The molecule has 0 aliphatic carbocycles. The highest BCUT2D eigenvalue weighted by molar-refractivity contribution is 5.91. The number of nitrogens with one attached hydrogen (secondary N) is 1. The zero-order valence-electron chi connectivity index (χ0n) is 15.6. The molecule has 0 aromatic heterocycles. The van der Waals surface area contributed by atoms with Gasteiger partial charge in [-0.25, -0.2) is 4.79 Å². The molecule has 0 saturated carbocycles. The quantitative estimate of drug-likeness (QED) is 0.870. The highest BCUT2D eigenvalue weighted by Crippen LogP contribution is 2.21. The Kier molecular flexibility index (Phi) is 7.06. The summed E-state index contributed by atoms with van der Waals surface area (Å²) in [4.78, 5) is 19.2. The van der Waals surface area contributed by atoms with Crippen molar-refractivity contribution in [1.29, 1.82) is 0 Å². The summed E-state index contributed by atoms with van der Waals surface area (Å²) < 4.78 is 0. The fraction of sp³-hybridized carbons (Fsp3) is 0.632. The van der Waals surface area contributed by atoms with Crippen LogP contribution in [0.15, 0.2) is 18.2 Å². The highest BCUT2D eigenvalue weighted by atomic mass is 16.2. The van der Waals surface area contributed by atoms with E-state index in [0.717, 1.165) is 56.9 Å². The van der Waals surface area contributed by atoms with Crippen molar-refractivity contribution in [3.63, 3.8) is 0 Å². The van der Waals surface area contributed by atoms with Crippen LogP contribution in [-0.4, -0.2) is 74.1 Å². The number of rotatable bonds is 6. The maximum Gasteiger partial charge on any atom is 0.321 e. The summed E-state index contributed by atoms with van der Waals surface area (Å²) in [7, 11) is 4.22. The number of carbonyl (C=O) groups excluding carboxylic acids is 1. The minimum Gasteiger partial charge on any atom is -0.322 e. The lowest BCUT2D eigenvalue weighted by Gasteiger charge is -2.35. The Morgan fingerprint density at radius 3 is 2.54 bits per heavy atom.